The lowest BCUT2D eigenvalue weighted by Crippen LogP contribution is -2.38. The van der Waals surface area contributed by atoms with Crippen molar-refractivity contribution < 1.29 is 17.6 Å². The van der Waals surface area contributed by atoms with Crippen LogP contribution >= 0.6 is 0 Å². The summed E-state index contributed by atoms with van der Waals surface area (Å²) >= 11 is 0. The van der Waals surface area contributed by atoms with Crippen LogP contribution in [0.15, 0.2) is 18.2 Å². The minimum absolute atomic E-state index is 0.226. The van der Waals surface area contributed by atoms with Crippen molar-refractivity contribution in [2.75, 3.05) is 13.6 Å². The smallest absolute Gasteiger partial charge is 0.311 e. The molecule has 0 heterocycles. The van der Waals surface area contributed by atoms with Gasteiger partial charge in [0.1, 0.15) is 5.82 Å². The van der Waals surface area contributed by atoms with Gasteiger partial charge in [0.2, 0.25) is 0 Å². The van der Waals surface area contributed by atoms with Crippen LogP contribution in [0.25, 0.3) is 0 Å². The molecule has 1 N–H and O–H groups in total. The molecule has 0 aromatic heterocycles. The second-order valence-electron chi connectivity index (χ2n) is 5.72. The maximum absolute atomic E-state index is 13.3. The zero-order chi connectivity index (χ0) is 15.6. The third-order valence-corrected chi connectivity index (χ3v) is 3.87. The monoisotopic (exact) mass is 304 g/mol. The fraction of sp³-hybridized carbons (Fsp3) is 0.600. The zero-order valence-corrected chi connectivity index (χ0v) is 12.2. The van der Waals surface area contributed by atoms with Crippen LogP contribution in [0.3, 0.4) is 0 Å². The van der Waals surface area contributed by atoms with Crippen molar-refractivity contribution in [1.29, 1.82) is 0 Å². The van der Waals surface area contributed by atoms with E-state index in [0.717, 1.165) is 12.1 Å². The minimum atomic E-state index is -4.52. The summed E-state index contributed by atoms with van der Waals surface area (Å²) in [6, 6.07) is 3.58. The molecule has 1 aliphatic carbocycles. The van der Waals surface area contributed by atoms with Crippen LogP contribution in [-0.4, -0.2) is 30.6 Å². The van der Waals surface area contributed by atoms with E-state index in [2.05, 4.69) is 17.1 Å². The molecule has 1 aliphatic rings. The Balaban J connectivity index is 1.89. The number of rotatable bonds is 6. The topological polar surface area (TPSA) is 15.3 Å². The number of hydrogen-bond acceptors (Lipinski definition) is 2. The summed E-state index contributed by atoms with van der Waals surface area (Å²) in [4.78, 5) is 2.26. The third-order valence-electron chi connectivity index (χ3n) is 3.87. The largest absolute Gasteiger partial charge is 0.416 e. The molecule has 1 fully saturated rings. The predicted molar refractivity (Wildman–Crippen MR) is 73.4 cm³/mol. The first-order valence-corrected chi connectivity index (χ1v) is 7.06. The molecule has 2 rings (SSSR count). The van der Waals surface area contributed by atoms with Gasteiger partial charge >= 0.3 is 6.18 Å². The Kier molecular flexibility index (Phi) is 4.88. The van der Waals surface area contributed by atoms with E-state index in [1.165, 1.54) is 12.8 Å². The highest BCUT2D eigenvalue weighted by Gasteiger charge is 2.31. The van der Waals surface area contributed by atoms with Crippen LogP contribution in [0.1, 0.15) is 30.9 Å². The first-order chi connectivity index (χ1) is 9.77. The molecule has 1 unspecified atom stereocenters. The van der Waals surface area contributed by atoms with Crippen LogP contribution in [-0.2, 0) is 12.7 Å². The predicted octanol–water partition coefficient (Wildman–Crippen LogP) is 3.42. The summed E-state index contributed by atoms with van der Waals surface area (Å²) in [7, 11) is 2.05. The highest BCUT2D eigenvalue weighted by atomic mass is 19.4. The van der Waals surface area contributed by atoms with Gasteiger partial charge in [0.25, 0.3) is 0 Å². The Labute approximate surface area is 122 Å². The standard InChI is InChI=1S/C15H20F4N2/c1-10(21(2)14-3-4-14)8-20-9-11-5-12(15(17,18)19)7-13(16)6-11/h5-7,10,14,20H,3-4,8-9H2,1-2H3. The van der Waals surface area contributed by atoms with Gasteiger partial charge in [-0.15, -0.1) is 0 Å². The molecular weight excluding hydrogens is 284 g/mol. The van der Waals surface area contributed by atoms with Gasteiger partial charge in [0, 0.05) is 25.2 Å². The van der Waals surface area contributed by atoms with E-state index in [0.29, 0.717) is 30.3 Å². The van der Waals surface area contributed by atoms with Gasteiger partial charge in [0.05, 0.1) is 5.56 Å². The molecule has 1 saturated carbocycles. The average molecular weight is 304 g/mol. The summed E-state index contributed by atoms with van der Waals surface area (Å²) in [5.74, 6) is -0.857. The molecule has 21 heavy (non-hydrogen) atoms. The van der Waals surface area contributed by atoms with E-state index in [1.54, 1.807) is 0 Å². The molecule has 6 heteroatoms. The molecule has 0 aliphatic heterocycles. The van der Waals surface area contributed by atoms with Crippen LogP contribution in [0.2, 0.25) is 0 Å². The lowest BCUT2D eigenvalue weighted by atomic mass is 10.1. The van der Waals surface area contributed by atoms with E-state index in [-0.39, 0.29) is 6.54 Å². The quantitative estimate of drug-likeness (QED) is 0.810. The molecule has 1 aromatic carbocycles. The van der Waals surface area contributed by atoms with Crippen molar-refractivity contribution in [3.8, 4) is 0 Å². The maximum Gasteiger partial charge on any atom is 0.416 e. The Bertz CT molecular complexity index is 483. The molecular formula is C15H20F4N2. The number of alkyl halides is 3. The SMILES string of the molecule is CC(CNCc1cc(F)cc(C(F)(F)F)c1)N(C)C1CC1. The molecule has 1 atom stereocenters. The second-order valence-corrected chi connectivity index (χ2v) is 5.72. The number of halogens is 4. The van der Waals surface area contributed by atoms with Crippen LogP contribution in [0.4, 0.5) is 17.6 Å². The maximum atomic E-state index is 13.3. The average Bonchev–Trinajstić information content (AvgIpc) is 3.20. The van der Waals surface area contributed by atoms with Gasteiger partial charge in [-0.2, -0.15) is 13.2 Å². The number of benzene rings is 1. The van der Waals surface area contributed by atoms with Gasteiger partial charge in [0.15, 0.2) is 0 Å². The fourth-order valence-corrected chi connectivity index (χ4v) is 2.33. The van der Waals surface area contributed by atoms with E-state index in [1.807, 2.05) is 7.05 Å². The van der Waals surface area contributed by atoms with Gasteiger partial charge in [-0.25, -0.2) is 4.39 Å². The Morgan fingerprint density at radius 3 is 2.52 bits per heavy atom. The Hall–Kier alpha value is -1.14. The highest BCUT2D eigenvalue weighted by molar-refractivity contribution is 5.26. The van der Waals surface area contributed by atoms with E-state index in [9.17, 15) is 17.6 Å². The second kappa shape index (κ2) is 6.32. The normalized spacial score (nSPS) is 17.3. The van der Waals surface area contributed by atoms with Crippen molar-refractivity contribution in [3.05, 3.63) is 35.1 Å². The summed E-state index contributed by atoms with van der Waals surface area (Å²) in [5.41, 5.74) is -0.633. The van der Waals surface area contributed by atoms with Gasteiger partial charge < -0.3 is 5.32 Å². The summed E-state index contributed by atoms with van der Waals surface area (Å²) < 4.78 is 51.1. The Morgan fingerprint density at radius 1 is 1.29 bits per heavy atom. The molecule has 1 aromatic rings. The van der Waals surface area contributed by atoms with E-state index < -0.39 is 17.6 Å². The number of likely N-dealkylation sites (N-methyl/N-ethyl adjacent to an activating group) is 1. The fourth-order valence-electron chi connectivity index (χ4n) is 2.33. The van der Waals surface area contributed by atoms with Crippen molar-refractivity contribution >= 4 is 0 Å². The summed E-state index contributed by atoms with van der Waals surface area (Å²) in [6.07, 6.45) is -2.10. The van der Waals surface area contributed by atoms with Crippen LogP contribution < -0.4 is 5.32 Å². The van der Waals surface area contributed by atoms with Crippen LogP contribution in [0, 0.1) is 5.82 Å². The summed E-state index contributed by atoms with van der Waals surface area (Å²) in [5, 5.41) is 3.10. The molecule has 0 amide bonds. The van der Waals surface area contributed by atoms with Gasteiger partial charge in [-0.05, 0) is 50.6 Å². The molecule has 0 radical (unpaired) electrons. The number of hydrogen-bond donors (Lipinski definition) is 1. The van der Waals surface area contributed by atoms with Crippen molar-refractivity contribution in [2.24, 2.45) is 0 Å². The van der Waals surface area contributed by atoms with E-state index >= 15 is 0 Å². The number of nitrogens with one attached hydrogen (secondary N) is 1. The minimum Gasteiger partial charge on any atom is -0.311 e. The van der Waals surface area contributed by atoms with Crippen molar-refractivity contribution in [2.45, 2.75) is 44.6 Å². The molecule has 0 spiro atoms. The van der Waals surface area contributed by atoms with Crippen molar-refractivity contribution in [1.82, 2.24) is 10.2 Å². The van der Waals surface area contributed by atoms with Gasteiger partial charge in [-0.3, -0.25) is 4.90 Å². The first-order valence-electron chi connectivity index (χ1n) is 7.06. The molecule has 0 saturated heterocycles. The lowest BCUT2D eigenvalue weighted by Gasteiger charge is -2.24. The van der Waals surface area contributed by atoms with Crippen LogP contribution in [0.5, 0.6) is 0 Å². The van der Waals surface area contributed by atoms with Crippen molar-refractivity contribution in [3.63, 3.8) is 0 Å². The highest BCUT2D eigenvalue weighted by Crippen LogP contribution is 2.30. The lowest BCUT2D eigenvalue weighted by molar-refractivity contribution is -0.137. The number of nitrogens with zero attached hydrogens (tertiary/aromatic N) is 1. The Morgan fingerprint density at radius 2 is 1.95 bits per heavy atom. The molecule has 2 nitrogen and oxygen atoms in total. The first kappa shape index (κ1) is 16.2. The van der Waals surface area contributed by atoms with E-state index in [4.69, 9.17) is 0 Å². The third kappa shape index (κ3) is 4.68. The van der Waals surface area contributed by atoms with Gasteiger partial charge in [-0.1, -0.05) is 0 Å². The summed E-state index contributed by atoms with van der Waals surface area (Å²) in [6.45, 7) is 2.95. The zero-order valence-electron chi connectivity index (χ0n) is 12.2. The molecule has 118 valence electrons. The molecule has 0 bridgehead atoms.